The molecule has 0 saturated heterocycles. The molecule has 3 heterocycles. The number of hydrogen-bond donors (Lipinski definition) is 2. The molecule has 1 fully saturated rings. The van der Waals surface area contributed by atoms with E-state index in [0.717, 1.165) is 0 Å². The van der Waals surface area contributed by atoms with E-state index in [4.69, 9.17) is 0 Å². The van der Waals surface area contributed by atoms with Gasteiger partial charge in [-0.15, -0.1) is 5.10 Å². The Morgan fingerprint density at radius 2 is 1.80 bits per heavy atom. The monoisotopic (exact) mass is 595 g/mol. The third-order valence-corrected chi connectivity index (χ3v) is 7.82. The summed E-state index contributed by atoms with van der Waals surface area (Å²) < 4.78 is 43.9. The second kappa shape index (κ2) is 10.8. The Morgan fingerprint density at radius 1 is 1.02 bits per heavy atom. The fourth-order valence-electron chi connectivity index (χ4n) is 5.29. The smallest absolute Gasteiger partial charge is 0.263 e. The maximum Gasteiger partial charge on any atom is 0.263 e. The number of nitriles is 2. The van der Waals surface area contributed by atoms with Crippen molar-refractivity contribution in [2.45, 2.75) is 51.6 Å². The van der Waals surface area contributed by atoms with Crippen LogP contribution in [-0.4, -0.2) is 37.9 Å². The van der Waals surface area contributed by atoms with Gasteiger partial charge in [0.05, 0.1) is 34.6 Å². The summed E-state index contributed by atoms with van der Waals surface area (Å²) in [6.07, 6.45) is 2.37. The number of alkyl halides is 2. The minimum atomic E-state index is -2.61. The molecular formula is C32H28F3N9. The van der Waals surface area contributed by atoms with E-state index < -0.39 is 23.8 Å². The first-order valence-corrected chi connectivity index (χ1v) is 14.1. The van der Waals surface area contributed by atoms with Crippen LogP contribution in [0.3, 0.4) is 0 Å². The molecule has 6 rings (SSSR count). The van der Waals surface area contributed by atoms with Crippen molar-refractivity contribution in [3.05, 3.63) is 83.2 Å². The van der Waals surface area contributed by atoms with Crippen molar-refractivity contribution in [3.8, 4) is 12.1 Å². The average Bonchev–Trinajstić information content (AvgIpc) is 3.68. The molecule has 0 amide bonds. The lowest BCUT2D eigenvalue weighted by Gasteiger charge is -2.23. The number of anilines is 2. The Kier molecular flexibility index (Phi) is 7.08. The first-order chi connectivity index (χ1) is 21.0. The number of rotatable bonds is 8. The molecule has 0 spiro atoms. The van der Waals surface area contributed by atoms with Crippen LogP contribution in [0.2, 0.25) is 0 Å². The minimum absolute atomic E-state index is 0.109. The van der Waals surface area contributed by atoms with E-state index in [9.17, 15) is 23.7 Å². The van der Waals surface area contributed by atoms with Crippen LogP contribution in [0.25, 0.3) is 21.8 Å². The molecule has 3 aromatic heterocycles. The van der Waals surface area contributed by atoms with Crippen LogP contribution in [0.15, 0.2) is 55.0 Å². The van der Waals surface area contributed by atoms with E-state index in [0.29, 0.717) is 51.0 Å². The summed E-state index contributed by atoms with van der Waals surface area (Å²) in [5.74, 6) is -0.511. The third-order valence-electron chi connectivity index (χ3n) is 7.82. The standard InChI is InChI=1S/C32H28F3N9/c1-31(2,3)17-40-27-19(14-37)15-39-26-18(13-36)11-20(12-23(26)27)41-29(22-6-7-24(33)28-21(22)5-4-10-38-28)25-16-44(43-42-25)32(8-9-32)30(34)35/h4-7,10-12,15-16,29-30,41H,8-9,17H2,1-3H3,(H,39,40). The van der Waals surface area contributed by atoms with Crippen molar-refractivity contribution in [1.82, 2.24) is 25.0 Å². The Bertz CT molecular complexity index is 1980. The highest BCUT2D eigenvalue weighted by Crippen LogP contribution is 2.48. The van der Waals surface area contributed by atoms with Gasteiger partial charge in [0.15, 0.2) is 0 Å². The molecule has 0 radical (unpaired) electrons. The number of halogens is 3. The summed E-state index contributed by atoms with van der Waals surface area (Å²) in [5.41, 5.74) is 1.55. The number of fused-ring (bicyclic) bond motifs is 2. The second-order valence-corrected chi connectivity index (χ2v) is 12.2. The molecule has 2 aromatic carbocycles. The van der Waals surface area contributed by atoms with Crippen LogP contribution in [0.4, 0.5) is 24.5 Å². The summed E-state index contributed by atoms with van der Waals surface area (Å²) in [7, 11) is 0. The van der Waals surface area contributed by atoms with Crippen molar-refractivity contribution in [3.63, 3.8) is 0 Å². The Morgan fingerprint density at radius 3 is 2.48 bits per heavy atom. The molecule has 9 nitrogen and oxygen atoms in total. The zero-order chi connectivity index (χ0) is 31.2. The van der Waals surface area contributed by atoms with Gasteiger partial charge in [0.2, 0.25) is 0 Å². The number of hydrogen-bond acceptors (Lipinski definition) is 8. The highest BCUT2D eigenvalue weighted by atomic mass is 19.3. The van der Waals surface area contributed by atoms with E-state index >= 15 is 0 Å². The first-order valence-electron chi connectivity index (χ1n) is 14.1. The van der Waals surface area contributed by atoms with Gasteiger partial charge >= 0.3 is 0 Å². The lowest BCUT2D eigenvalue weighted by Crippen LogP contribution is -2.26. The number of nitrogens with zero attached hydrogens (tertiary/aromatic N) is 7. The summed E-state index contributed by atoms with van der Waals surface area (Å²) >= 11 is 0. The molecule has 2 N–H and O–H groups in total. The SMILES string of the molecule is CC(C)(C)CNc1c(C#N)cnc2c(C#N)cc(NC(c3cn(C4(C(F)F)CC4)nn3)c3ccc(F)c4ncccc34)cc12. The minimum Gasteiger partial charge on any atom is -0.383 e. The topological polar surface area (TPSA) is 128 Å². The Labute approximate surface area is 251 Å². The molecule has 1 aliphatic rings. The highest BCUT2D eigenvalue weighted by molar-refractivity contribution is 5.99. The molecule has 222 valence electrons. The number of pyridine rings is 2. The molecule has 12 heteroatoms. The van der Waals surface area contributed by atoms with Crippen molar-refractivity contribution in [2.24, 2.45) is 5.41 Å². The Hall–Kier alpha value is -5.23. The normalized spacial score (nSPS) is 14.8. The van der Waals surface area contributed by atoms with Gasteiger partial charge in [-0.2, -0.15) is 10.5 Å². The van der Waals surface area contributed by atoms with Crippen molar-refractivity contribution >= 4 is 33.2 Å². The number of benzene rings is 2. The van der Waals surface area contributed by atoms with E-state index in [1.54, 1.807) is 30.3 Å². The molecular weight excluding hydrogens is 567 g/mol. The molecule has 0 bridgehead atoms. The van der Waals surface area contributed by atoms with Crippen molar-refractivity contribution in [1.29, 1.82) is 10.5 Å². The predicted octanol–water partition coefficient (Wildman–Crippen LogP) is 6.67. The fourth-order valence-corrected chi connectivity index (χ4v) is 5.29. The number of aromatic nitrogens is 5. The van der Waals surface area contributed by atoms with Crippen LogP contribution in [-0.2, 0) is 5.54 Å². The molecule has 1 atom stereocenters. The summed E-state index contributed by atoms with van der Waals surface area (Å²) in [4.78, 5) is 8.62. The van der Waals surface area contributed by atoms with E-state index in [1.165, 1.54) is 29.3 Å². The van der Waals surface area contributed by atoms with E-state index in [1.807, 2.05) is 0 Å². The fraction of sp³-hybridized carbons (Fsp3) is 0.312. The average molecular weight is 596 g/mol. The van der Waals surface area contributed by atoms with Crippen LogP contribution in [0, 0.1) is 33.9 Å². The van der Waals surface area contributed by atoms with Crippen LogP contribution in [0.5, 0.6) is 0 Å². The van der Waals surface area contributed by atoms with Gasteiger partial charge in [0.1, 0.15) is 34.7 Å². The number of nitrogens with one attached hydrogen (secondary N) is 2. The quantitative estimate of drug-likeness (QED) is 0.204. The lowest BCUT2D eigenvalue weighted by molar-refractivity contribution is 0.0593. The van der Waals surface area contributed by atoms with Gasteiger partial charge in [-0.25, -0.2) is 17.9 Å². The van der Waals surface area contributed by atoms with Gasteiger partial charge in [0.25, 0.3) is 6.43 Å². The molecule has 44 heavy (non-hydrogen) atoms. The van der Waals surface area contributed by atoms with Gasteiger partial charge in [-0.3, -0.25) is 9.97 Å². The van der Waals surface area contributed by atoms with Gasteiger partial charge < -0.3 is 10.6 Å². The maximum atomic E-state index is 14.8. The van der Waals surface area contributed by atoms with E-state index in [-0.39, 0.29) is 29.3 Å². The Balaban J connectivity index is 1.52. The third kappa shape index (κ3) is 5.13. The molecule has 0 aliphatic heterocycles. The van der Waals surface area contributed by atoms with E-state index in [2.05, 4.69) is 63.8 Å². The zero-order valence-corrected chi connectivity index (χ0v) is 24.2. The molecule has 5 aromatic rings. The van der Waals surface area contributed by atoms with Crippen LogP contribution < -0.4 is 10.6 Å². The van der Waals surface area contributed by atoms with Crippen LogP contribution >= 0.6 is 0 Å². The van der Waals surface area contributed by atoms with Gasteiger partial charge in [0, 0.05) is 35.4 Å². The lowest BCUT2D eigenvalue weighted by atomic mass is 9.96. The summed E-state index contributed by atoms with van der Waals surface area (Å²) in [6, 6.07) is 13.3. The summed E-state index contributed by atoms with van der Waals surface area (Å²) in [5, 5.41) is 36.1. The summed E-state index contributed by atoms with van der Waals surface area (Å²) in [6.45, 7) is 6.72. The molecule has 1 aliphatic carbocycles. The highest BCUT2D eigenvalue weighted by Gasteiger charge is 2.54. The largest absolute Gasteiger partial charge is 0.383 e. The van der Waals surface area contributed by atoms with Crippen LogP contribution in [0.1, 0.15) is 62.0 Å². The zero-order valence-electron chi connectivity index (χ0n) is 24.2. The maximum absolute atomic E-state index is 14.8. The first kappa shape index (κ1) is 28.9. The molecule has 1 unspecified atom stereocenters. The van der Waals surface area contributed by atoms with Gasteiger partial charge in [-0.05, 0) is 48.1 Å². The van der Waals surface area contributed by atoms with Crippen molar-refractivity contribution < 1.29 is 13.2 Å². The molecule has 1 saturated carbocycles. The van der Waals surface area contributed by atoms with Crippen molar-refractivity contribution in [2.75, 3.05) is 17.2 Å². The van der Waals surface area contributed by atoms with Gasteiger partial charge in [-0.1, -0.05) is 38.1 Å². The second-order valence-electron chi connectivity index (χ2n) is 12.2. The predicted molar refractivity (Wildman–Crippen MR) is 160 cm³/mol.